The number of ether oxygens (including phenoxy) is 1. The molecule has 0 saturated carbocycles. The molecule has 1 atom stereocenters. The van der Waals surface area contributed by atoms with E-state index in [0.717, 1.165) is 35.2 Å². The highest BCUT2D eigenvalue weighted by atomic mass is 16.5. The molecule has 1 amide bonds. The molecule has 1 saturated heterocycles. The van der Waals surface area contributed by atoms with Gasteiger partial charge in [0.15, 0.2) is 0 Å². The Hall–Kier alpha value is -2.40. The maximum atomic E-state index is 12.1. The van der Waals surface area contributed by atoms with Crippen LogP contribution in [0.1, 0.15) is 12.0 Å². The molecule has 1 aromatic heterocycles. The molecule has 0 spiro atoms. The average molecular weight is 295 g/mol. The quantitative estimate of drug-likeness (QED) is 0.862. The summed E-state index contributed by atoms with van der Waals surface area (Å²) in [6, 6.07) is 8.18. The molecule has 0 aliphatic carbocycles. The van der Waals surface area contributed by atoms with Crippen LogP contribution in [0, 0.1) is 5.92 Å². The minimum absolute atomic E-state index is 0.130. The van der Waals surface area contributed by atoms with Crippen molar-refractivity contribution in [3.8, 4) is 0 Å². The molecule has 22 heavy (non-hydrogen) atoms. The van der Waals surface area contributed by atoms with Gasteiger partial charge in [0, 0.05) is 42.2 Å². The number of para-hydroxylation sites is 1. The number of rotatable bonds is 2. The van der Waals surface area contributed by atoms with Crippen molar-refractivity contribution in [2.45, 2.75) is 6.42 Å². The second-order valence-electron chi connectivity index (χ2n) is 5.77. The highest BCUT2D eigenvalue weighted by Gasteiger charge is 2.31. The van der Waals surface area contributed by atoms with E-state index in [1.165, 1.54) is 0 Å². The number of amides is 1. The normalized spacial score (nSPS) is 23.3. The maximum absolute atomic E-state index is 12.1. The Balaban J connectivity index is 1.79. The molecule has 1 N–H and O–H groups in total. The fourth-order valence-electron chi connectivity index (χ4n) is 3.19. The predicted molar refractivity (Wildman–Crippen MR) is 85.4 cm³/mol. The lowest BCUT2D eigenvalue weighted by atomic mass is 9.95. The number of nitrogens with one attached hydrogen (secondary N) is 1. The Morgan fingerprint density at radius 2 is 2.27 bits per heavy atom. The molecule has 3 heterocycles. The van der Waals surface area contributed by atoms with E-state index < -0.39 is 0 Å². The lowest BCUT2D eigenvalue weighted by Gasteiger charge is -2.06. The summed E-state index contributed by atoms with van der Waals surface area (Å²) in [5.74, 6) is 0.0787. The summed E-state index contributed by atoms with van der Waals surface area (Å²) >= 11 is 0. The molecular formula is C17H17N3O2. The van der Waals surface area contributed by atoms with Crippen LogP contribution in [0.2, 0.25) is 0 Å². The fraction of sp³-hybridized carbons (Fsp3) is 0.294. The zero-order valence-electron chi connectivity index (χ0n) is 12.4. The molecule has 2 aromatic rings. The maximum Gasteiger partial charge on any atom is 0.273 e. The average Bonchev–Trinajstić information content (AvgIpc) is 3.23. The van der Waals surface area contributed by atoms with Gasteiger partial charge in [-0.05, 0) is 18.6 Å². The van der Waals surface area contributed by atoms with Crippen molar-refractivity contribution in [1.29, 1.82) is 0 Å². The molecule has 5 heteroatoms. The standard InChI is InChI=1S/C17H17N3O2/c1-20-9-12(13-4-2-3-5-15(13)20)8-14-16(18-19-17(14)21)11-6-7-22-10-11/h2-5,8-9,11H,6-7,10H2,1H3,(H,19,21)/b14-8-. The lowest BCUT2D eigenvalue weighted by Crippen LogP contribution is -2.18. The monoisotopic (exact) mass is 295 g/mol. The summed E-state index contributed by atoms with van der Waals surface area (Å²) < 4.78 is 7.50. The largest absolute Gasteiger partial charge is 0.381 e. The number of carbonyl (C=O) groups is 1. The number of carbonyl (C=O) groups excluding carboxylic acids is 1. The van der Waals surface area contributed by atoms with Gasteiger partial charge >= 0.3 is 0 Å². The Labute approximate surface area is 128 Å². The Morgan fingerprint density at radius 3 is 3.09 bits per heavy atom. The van der Waals surface area contributed by atoms with Gasteiger partial charge in [0.05, 0.1) is 17.9 Å². The second kappa shape index (κ2) is 5.10. The van der Waals surface area contributed by atoms with E-state index >= 15 is 0 Å². The van der Waals surface area contributed by atoms with Crippen molar-refractivity contribution in [2.24, 2.45) is 18.1 Å². The summed E-state index contributed by atoms with van der Waals surface area (Å²) in [6.07, 6.45) is 4.91. The number of benzene rings is 1. The van der Waals surface area contributed by atoms with Gasteiger partial charge in [-0.3, -0.25) is 4.79 Å². The Kier molecular flexibility index (Phi) is 3.08. The first-order chi connectivity index (χ1) is 10.7. The van der Waals surface area contributed by atoms with E-state index in [4.69, 9.17) is 4.74 Å². The van der Waals surface area contributed by atoms with Crippen LogP contribution in [-0.2, 0) is 16.6 Å². The zero-order valence-corrected chi connectivity index (χ0v) is 12.4. The molecule has 5 nitrogen and oxygen atoms in total. The summed E-state index contributed by atoms with van der Waals surface area (Å²) in [4.78, 5) is 12.1. The van der Waals surface area contributed by atoms with Crippen LogP contribution < -0.4 is 5.43 Å². The number of hydrazone groups is 1. The van der Waals surface area contributed by atoms with Gasteiger partial charge in [-0.1, -0.05) is 18.2 Å². The lowest BCUT2D eigenvalue weighted by molar-refractivity contribution is -0.116. The van der Waals surface area contributed by atoms with Crippen molar-refractivity contribution in [3.05, 3.63) is 41.6 Å². The summed E-state index contributed by atoms with van der Waals surface area (Å²) in [5, 5.41) is 5.36. The van der Waals surface area contributed by atoms with Gasteiger partial charge in [0.25, 0.3) is 5.91 Å². The first kappa shape index (κ1) is 13.3. The zero-order chi connectivity index (χ0) is 15.1. The van der Waals surface area contributed by atoms with Gasteiger partial charge in [-0.2, -0.15) is 5.10 Å². The van der Waals surface area contributed by atoms with E-state index in [0.29, 0.717) is 12.2 Å². The van der Waals surface area contributed by atoms with Crippen LogP contribution >= 0.6 is 0 Å². The third-order valence-electron chi connectivity index (χ3n) is 4.34. The Morgan fingerprint density at radius 1 is 1.41 bits per heavy atom. The smallest absolute Gasteiger partial charge is 0.273 e. The third kappa shape index (κ3) is 2.05. The van der Waals surface area contributed by atoms with Crippen molar-refractivity contribution >= 4 is 28.6 Å². The summed E-state index contributed by atoms with van der Waals surface area (Å²) in [7, 11) is 2.01. The van der Waals surface area contributed by atoms with Crippen LogP contribution in [0.5, 0.6) is 0 Å². The fourth-order valence-corrected chi connectivity index (χ4v) is 3.19. The van der Waals surface area contributed by atoms with E-state index in [1.54, 1.807) is 0 Å². The highest BCUT2D eigenvalue weighted by Crippen LogP contribution is 2.27. The Bertz CT molecular complexity index is 810. The molecule has 0 radical (unpaired) electrons. The van der Waals surface area contributed by atoms with Gasteiger partial charge in [0.1, 0.15) is 0 Å². The van der Waals surface area contributed by atoms with E-state index in [2.05, 4.69) is 27.2 Å². The van der Waals surface area contributed by atoms with Crippen molar-refractivity contribution in [2.75, 3.05) is 13.2 Å². The van der Waals surface area contributed by atoms with Crippen LogP contribution in [0.3, 0.4) is 0 Å². The van der Waals surface area contributed by atoms with Crippen molar-refractivity contribution in [1.82, 2.24) is 9.99 Å². The minimum Gasteiger partial charge on any atom is -0.381 e. The van der Waals surface area contributed by atoms with Gasteiger partial charge in [-0.15, -0.1) is 0 Å². The second-order valence-corrected chi connectivity index (χ2v) is 5.77. The third-order valence-corrected chi connectivity index (χ3v) is 4.34. The first-order valence-corrected chi connectivity index (χ1v) is 7.46. The van der Waals surface area contributed by atoms with Gasteiger partial charge in [-0.25, -0.2) is 5.43 Å². The van der Waals surface area contributed by atoms with Crippen molar-refractivity contribution in [3.63, 3.8) is 0 Å². The van der Waals surface area contributed by atoms with E-state index in [1.807, 2.05) is 31.5 Å². The molecule has 112 valence electrons. The molecule has 0 bridgehead atoms. The number of hydrogen-bond donors (Lipinski definition) is 1. The van der Waals surface area contributed by atoms with Crippen molar-refractivity contribution < 1.29 is 9.53 Å². The van der Waals surface area contributed by atoms with Gasteiger partial charge in [0.2, 0.25) is 0 Å². The minimum atomic E-state index is -0.130. The highest BCUT2D eigenvalue weighted by molar-refractivity contribution is 6.28. The van der Waals surface area contributed by atoms with Crippen LogP contribution in [0.4, 0.5) is 0 Å². The topological polar surface area (TPSA) is 55.6 Å². The summed E-state index contributed by atoms with van der Waals surface area (Å²) in [6.45, 7) is 1.38. The van der Waals surface area contributed by atoms with E-state index in [9.17, 15) is 4.79 Å². The molecule has 1 fully saturated rings. The molecule has 1 unspecified atom stereocenters. The molecule has 2 aliphatic rings. The molecule has 2 aliphatic heterocycles. The number of hydrogen-bond acceptors (Lipinski definition) is 3. The van der Waals surface area contributed by atoms with Gasteiger partial charge < -0.3 is 9.30 Å². The van der Waals surface area contributed by atoms with Crippen LogP contribution in [-0.4, -0.2) is 29.4 Å². The molecule has 4 rings (SSSR count). The molecular weight excluding hydrogens is 278 g/mol. The number of aryl methyl sites for hydroxylation is 1. The molecule has 1 aromatic carbocycles. The number of aromatic nitrogens is 1. The first-order valence-electron chi connectivity index (χ1n) is 7.46. The van der Waals surface area contributed by atoms with Crippen LogP contribution in [0.15, 0.2) is 41.1 Å². The number of nitrogens with zero attached hydrogens (tertiary/aromatic N) is 2. The van der Waals surface area contributed by atoms with E-state index in [-0.39, 0.29) is 11.8 Å². The number of fused-ring (bicyclic) bond motifs is 1. The SMILES string of the molecule is Cn1cc(/C=C2\C(=O)NN=C2C2CCOC2)c2ccccc21. The predicted octanol–water partition coefficient (Wildman–Crippen LogP) is 2.08. The van der Waals surface area contributed by atoms with Crippen LogP contribution in [0.25, 0.3) is 17.0 Å². The summed E-state index contributed by atoms with van der Waals surface area (Å²) in [5.41, 5.74) is 6.27.